The van der Waals surface area contributed by atoms with Crippen molar-refractivity contribution in [3.8, 4) is 11.5 Å². The summed E-state index contributed by atoms with van der Waals surface area (Å²) in [4.78, 5) is 38.4. The van der Waals surface area contributed by atoms with Crippen LogP contribution in [0.15, 0.2) is 87.3 Å². The molecule has 0 amide bonds. The summed E-state index contributed by atoms with van der Waals surface area (Å²) in [6.07, 6.45) is 0. The Labute approximate surface area is 265 Å². The zero-order valence-corrected chi connectivity index (χ0v) is 25.1. The van der Waals surface area contributed by atoms with Crippen LogP contribution in [0.1, 0.15) is 5.56 Å². The second-order valence-electron chi connectivity index (χ2n) is 12.8. The van der Waals surface area contributed by atoms with Gasteiger partial charge in [-0.3, -0.25) is 18.4 Å². The van der Waals surface area contributed by atoms with Crippen molar-refractivity contribution in [2.45, 2.75) is 11.5 Å². The van der Waals surface area contributed by atoms with Crippen molar-refractivity contribution in [1.29, 1.82) is 0 Å². The minimum absolute atomic E-state index is 0.00132. The van der Waals surface area contributed by atoms with Crippen molar-refractivity contribution >= 4 is 108 Å². The quantitative estimate of drug-likeness (QED) is 0.109. The zero-order chi connectivity index (χ0) is 31.5. The van der Waals surface area contributed by atoms with Gasteiger partial charge in [0.15, 0.2) is 5.75 Å². The molecule has 0 spiro atoms. The van der Waals surface area contributed by atoms with E-state index in [0.717, 1.165) is 16.3 Å². The van der Waals surface area contributed by atoms with E-state index in [1.165, 1.54) is 0 Å². The zero-order valence-electron chi connectivity index (χ0n) is 24.3. The van der Waals surface area contributed by atoms with Gasteiger partial charge in [-0.15, -0.1) is 0 Å². The van der Waals surface area contributed by atoms with Gasteiger partial charge in [-0.25, -0.2) is 9.97 Å². The van der Waals surface area contributed by atoms with E-state index in [0.29, 0.717) is 93.0 Å². The van der Waals surface area contributed by atoms with Crippen LogP contribution in [-0.2, 0) is 16.7 Å². The van der Waals surface area contributed by atoms with Gasteiger partial charge < -0.3 is 8.92 Å². The van der Waals surface area contributed by atoms with Crippen LogP contribution in [-0.4, -0.2) is 27.2 Å². The van der Waals surface area contributed by atoms with Crippen LogP contribution < -0.4 is 20.0 Å². The van der Waals surface area contributed by atoms with Crippen molar-refractivity contribution < 1.29 is 17.3 Å². The summed E-state index contributed by atoms with van der Waals surface area (Å²) < 4.78 is 43.9. The molecule has 10 nitrogen and oxygen atoms in total. The number of aromatic nitrogens is 4. The third kappa shape index (κ3) is 2.33. The first kappa shape index (κ1) is 23.9. The van der Waals surface area contributed by atoms with Crippen LogP contribution in [0.5, 0.6) is 11.5 Å². The van der Waals surface area contributed by atoms with E-state index in [4.69, 9.17) is 18.9 Å². The van der Waals surface area contributed by atoms with Crippen LogP contribution in [0.3, 0.4) is 0 Å². The summed E-state index contributed by atoms with van der Waals surface area (Å²) in [5.41, 5.74) is 3.66. The molecule has 2 aliphatic heterocycles. The van der Waals surface area contributed by atoms with Crippen molar-refractivity contribution in [3.05, 3.63) is 99.1 Å². The second kappa shape index (κ2) is 7.14. The Kier molecular flexibility index (Phi) is 3.56. The molecule has 0 bridgehead atoms. The number of pyridine rings is 2. The maximum Gasteiger partial charge on any atom is 0.339 e. The van der Waals surface area contributed by atoms with Crippen molar-refractivity contribution in [2.75, 3.05) is 0 Å². The van der Waals surface area contributed by atoms with E-state index < -0.39 is 10.1 Å². The molecule has 0 radical (unpaired) electrons. The first-order chi connectivity index (χ1) is 23.4. The van der Waals surface area contributed by atoms with Gasteiger partial charge in [-0.2, -0.15) is 8.42 Å². The summed E-state index contributed by atoms with van der Waals surface area (Å²) in [5.74, 6) is 0.659. The first-order valence-electron chi connectivity index (χ1n) is 15.4. The van der Waals surface area contributed by atoms with E-state index in [2.05, 4.69) is 0 Å². The summed E-state index contributed by atoms with van der Waals surface area (Å²) in [6.45, 7) is 0.167. The van der Waals surface area contributed by atoms with E-state index in [1.54, 1.807) is 20.9 Å². The normalized spacial score (nSPS) is 15.4. The highest BCUT2D eigenvalue weighted by Gasteiger charge is 2.37. The molecule has 224 valence electrons. The monoisotopic (exact) mass is 642 g/mol. The lowest BCUT2D eigenvalue weighted by Crippen LogP contribution is -2.20. The summed E-state index contributed by atoms with van der Waals surface area (Å²) in [7, 11) is -4.37. The molecule has 2 aliphatic rings. The highest BCUT2D eigenvalue weighted by molar-refractivity contribution is 7.87. The Bertz CT molecular complexity index is 3660. The molecule has 7 aromatic carbocycles. The molecule has 0 unspecified atom stereocenters. The lowest BCUT2D eigenvalue weighted by atomic mass is 9.82. The Balaban J connectivity index is 1.40. The Morgan fingerprint density at radius 3 is 1.83 bits per heavy atom. The van der Waals surface area contributed by atoms with Crippen LogP contribution in [0.2, 0.25) is 0 Å². The molecule has 0 saturated carbocycles. The van der Waals surface area contributed by atoms with Crippen LogP contribution >= 0.6 is 0 Å². The Morgan fingerprint density at radius 2 is 1.15 bits per heavy atom. The predicted octanol–water partition coefficient (Wildman–Crippen LogP) is 6.21. The fourth-order valence-corrected chi connectivity index (χ4v) is 10.0. The SMILES string of the molecule is O=c1c2cc3c4c5c(cc6c7c(cc8c(c9c(cc(c2c94)c2nc4ccccc4n12)OC8)c57)c(=O)n1c2ccccc2nc61)S(=O)(=O)O3. The average Bonchev–Trinajstić information content (AvgIpc) is 3.68. The largest absolute Gasteiger partial charge is 0.488 e. The molecule has 11 aromatic rings. The fraction of sp³-hybridized carbons (Fsp3) is 0.0270. The third-order valence-electron chi connectivity index (χ3n) is 10.6. The second-order valence-corrected chi connectivity index (χ2v) is 14.3. The van der Waals surface area contributed by atoms with Crippen LogP contribution in [0, 0.1) is 0 Å². The Morgan fingerprint density at radius 1 is 0.583 bits per heavy atom. The minimum atomic E-state index is -4.37. The maximum atomic E-state index is 14.4. The molecule has 4 aromatic heterocycles. The summed E-state index contributed by atoms with van der Waals surface area (Å²) in [5, 5.41) is 7.28. The van der Waals surface area contributed by atoms with Gasteiger partial charge in [-0.1, -0.05) is 24.3 Å². The number of hydrogen-bond donors (Lipinski definition) is 0. The number of fused-ring (bicyclic) bond motifs is 8. The van der Waals surface area contributed by atoms with Gasteiger partial charge in [0.25, 0.3) is 11.1 Å². The van der Waals surface area contributed by atoms with E-state index in [9.17, 15) is 18.0 Å². The van der Waals surface area contributed by atoms with E-state index >= 15 is 0 Å². The standard InChI is InChI=1S/C37H14N4O6S/c42-36-17-9-14-13-46-23-10-15-27-18(37(43)40-21-7-3-1-5-19(21)38-34(15)40)11-24-30-31-25(48(44,45)47-24)12-16(28(17)32(31)26(14)29(23)33(27)30)35-39-20-6-2-4-8-22(20)41(35)36/h1-12H,13H2. The fourth-order valence-electron chi connectivity index (χ4n) is 8.85. The first-order valence-corrected chi connectivity index (χ1v) is 16.8. The molecule has 0 saturated heterocycles. The number of imidazole rings is 2. The van der Waals surface area contributed by atoms with Gasteiger partial charge in [0.2, 0.25) is 0 Å². The molecule has 13 rings (SSSR count). The molecular formula is C37H14N4O6S. The van der Waals surface area contributed by atoms with Crippen molar-refractivity contribution in [3.63, 3.8) is 0 Å². The van der Waals surface area contributed by atoms with Gasteiger partial charge in [0.05, 0.1) is 27.5 Å². The van der Waals surface area contributed by atoms with Gasteiger partial charge in [-0.05, 0) is 54.1 Å². The predicted molar refractivity (Wildman–Crippen MR) is 182 cm³/mol. The lowest BCUT2D eigenvalue weighted by Gasteiger charge is -2.29. The lowest BCUT2D eigenvalue weighted by molar-refractivity contribution is 0.309. The number of para-hydroxylation sites is 4. The third-order valence-corrected chi connectivity index (χ3v) is 11.9. The smallest absolute Gasteiger partial charge is 0.339 e. The highest BCUT2D eigenvalue weighted by atomic mass is 32.2. The van der Waals surface area contributed by atoms with Gasteiger partial charge >= 0.3 is 10.1 Å². The van der Waals surface area contributed by atoms with Crippen molar-refractivity contribution in [1.82, 2.24) is 18.8 Å². The summed E-state index contributed by atoms with van der Waals surface area (Å²) in [6, 6.07) is 21.7. The molecule has 11 heteroatoms. The molecule has 6 heterocycles. The minimum Gasteiger partial charge on any atom is -0.488 e. The van der Waals surface area contributed by atoms with Crippen molar-refractivity contribution in [2.24, 2.45) is 0 Å². The Hall–Kier alpha value is -6.33. The number of ether oxygens (including phenoxy) is 1. The molecule has 0 atom stereocenters. The number of rotatable bonds is 0. The number of hydrogen-bond acceptors (Lipinski definition) is 8. The molecule has 48 heavy (non-hydrogen) atoms. The number of benzene rings is 7. The van der Waals surface area contributed by atoms with E-state index in [-0.39, 0.29) is 28.4 Å². The van der Waals surface area contributed by atoms with Crippen LogP contribution in [0.25, 0.3) is 98.0 Å². The molecule has 0 fully saturated rings. The van der Waals surface area contributed by atoms with Crippen LogP contribution in [0.4, 0.5) is 0 Å². The highest BCUT2D eigenvalue weighted by Crippen LogP contribution is 2.56. The maximum absolute atomic E-state index is 14.4. The van der Waals surface area contributed by atoms with E-state index in [1.807, 2.05) is 60.7 Å². The average molecular weight is 643 g/mol. The summed E-state index contributed by atoms with van der Waals surface area (Å²) >= 11 is 0. The molecule has 0 aliphatic carbocycles. The topological polar surface area (TPSA) is 121 Å². The van der Waals surface area contributed by atoms with Gasteiger partial charge in [0.1, 0.15) is 28.5 Å². The van der Waals surface area contributed by atoms with Gasteiger partial charge in [0, 0.05) is 59.2 Å². The number of nitrogens with zero attached hydrogens (tertiary/aromatic N) is 4. The molecular weight excluding hydrogens is 628 g/mol. The molecule has 0 N–H and O–H groups in total.